The zero-order valence-corrected chi connectivity index (χ0v) is 16.0. The monoisotopic (exact) mass is 376 g/mol. The highest BCUT2D eigenvalue weighted by atomic mass is 16.7. The zero-order valence-electron chi connectivity index (χ0n) is 16.0. The molecule has 6 heteroatoms. The lowest BCUT2D eigenvalue weighted by molar-refractivity contribution is 0.174. The maximum absolute atomic E-state index is 5.50. The molecular weight excluding hydrogens is 352 g/mol. The average molecular weight is 376 g/mol. The number of nitrogens with zero attached hydrogens (tertiary/aromatic N) is 3. The summed E-state index contributed by atoms with van der Waals surface area (Å²) in [4.78, 5) is 15.0. The summed E-state index contributed by atoms with van der Waals surface area (Å²) in [5.74, 6) is 3.20. The van der Waals surface area contributed by atoms with Gasteiger partial charge in [0.2, 0.25) is 6.79 Å². The highest BCUT2D eigenvalue weighted by Gasteiger charge is 2.22. The molecule has 0 saturated heterocycles. The van der Waals surface area contributed by atoms with Crippen LogP contribution in [-0.2, 0) is 19.4 Å². The number of hydrogen-bond donors (Lipinski definition) is 1. The van der Waals surface area contributed by atoms with Crippen LogP contribution in [0.25, 0.3) is 11.4 Å². The van der Waals surface area contributed by atoms with Gasteiger partial charge in [0.05, 0.1) is 11.4 Å². The Kier molecular flexibility index (Phi) is 4.49. The van der Waals surface area contributed by atoms with Crippen molar-refractivity contribution in [3.05, 3.63) is 59.7 Å². The maximum Gasteiger partial charge on any atom is 0.231 e. The van der Waals surface area contributed by atoms with Gasteiger partial charge in [-0.1, -0.05) is 13.0 Å². The molecule has 4 heterocycles. The molecule has 0 bridgehead atoms. The van der Waals surface area contributed by atoms with E-state index in [-0.39, 0.29) is 0 Å². The Morgan fingerprint density at radius 3 is 3.04 bits per heavy atom. The first-order valence-corrected chi connectivity index (χ1v) is 9.83. The summed E-state index contributed by atoms with van der Waals surface area (Å²) in [6.45, 7) is 5.68. The summed E-state index contributed by atoms with van der Waals surface area (Å²) >= 11 is 0. The number of imidazole rings is 1. The fourth-order valence-electron chi connectivity index (χ4n) is 4.12. The van der Waals surface area contributed by atoms with Gasteiger partial charge in [-0.25, -0.2) is 4.98 Å². The Hall–Kier alpha value is -2.86. The third-order valence-electron chi connectivity index (χ3n) is 5.44. The van der Waals surface area contributed by atoms with Crippen molar-refractivity contribution in [2.75, 3.05) is 19.9 Å². The fourth-order valence-corrected chi connectivity index (χ4v) is 4.12. The Balaban J connectivity index is 1.22. The quantitative estimate of drug-likeness (QED) is 0.739. The van der Waals surface area contributed by atoms with Crippen molar-refractivity contribution in [2.24, 2.45) is 5.92 Å². The highest BCUT2D eigenvalue weighted by Crippen LogP contribution is 2.33. The van der Waals surface area contributed by atoms with E-state index in [0.717, 1.165) is 55.4 Å². The second kappa shape index (κ2) is 7.28. The molecule has 1 aromatic carbocycles. The summed E-state index contributed by atoms with van der Waals surface area (Å²) in [7, 11) is 0. The molecule has 1 atom stereocenters. The topological polar surface area (TPSA) is 63.3 Å². The van der Waals surface area contributed by atoms with Crippen LogP contribution in [0.3, 0.4) is 0 Å². The summed E-state index contributed by atoms with van der Waals surface area (Å²) in [5.41, 5.74) is 4.77. The van der Waals surface area contributed by atoms with E-state index in [2.05, 4.69) is 33.9 Å². The molecule has 5 rings (SSSR count). The van der Waals surface area contributed by atoms with Crippen molar-refractivity contribution in [3.8, 4) is 22.9 Å². The van der Waals surface area contributed by atoms with Crippen molar-refractivity contribution in [2.45, 2.75) is 26.3 Å². The molecule has 1 N–H and O–H groups in total. The average Bonchev–Trinajstić information content (AvgIpc) is 3.34. The van der Waals surface area contributed by atoms with Crippen LogP contribution < -0.4 is 9.47 Å². The lowest BCUT2D eigenvalue weighted by Gasteiger charge is -2.28. The molecule has 2 aromatic heterocycles. The molecule has 3 aromatic rings. The van der Waals surface area contributed by atoms with Crippen molar-refractivity contribution in [1.82, 2.24) is 19.9 Å². The van der Waals surface area contributed by atoms with Gasteiger partial charge in [-0.2, -0.15) is 0 Å². The number of fused-ring (bicyclic) bond motifs is 2. The highest BCUT2D eigenvalue weighted by molar-refractivity contribution is 5.54. The number of H-pyrrole nitrogens is 1. The van der Waals surface area contributed by atoms with E-state index >= 15 is 0 Å². The number of rotatable bonds is 5. The second-order valence-electron chi connectivity index (χ2n) is 7.73. The molecule has 144 valence electrons. The van der Waals surface area contributed by atoms with Crippen molar-refractivity contribution < 1.29 is 9.47 Å². The molecule has 28 heavy (non-hydrogen) atoms. The van der Waals surface area contributed by atoms with Crippen LogP contribution in [-0.4, -0.2) is 39.7 Å². The summed E-state index contributed by atoms with van der Waals surface area (Å²) in [6.07, 6.45) is 5.66. The number of benzene rings is 1. The fraction of sp³-hybridized carbons (Fsp3) is 0.364. The van der Waals surface area contributed by atoms with Gasteiger partial charge < -0.3 is 14.5 Å². The van der Waals surface area contributed by atoms with E-state index in [1.54, 1.807) is 6.20 Å². The molecule has 2 aliphatic rings. The van der Waals surface area contributed by atoms with Crippen LogP contribution >= 0.6 is 0 Å². The summed E-state index contributed by atoms with van der Waals surface area (Å²) in [6, 6.07) is 10.3. The molecule has 0 radical (unpaired) electrons. The lowest BCUT2D eigenvalue weighted by atomic mass is 9.99. The van der Waals surface area contributed by atoms with Crippen molar-refractivity contribution >= 4 is 0 Å². The van der Waals surface area contributed by atoms with Gasteiger partial charge in [0.15, 0.2) is 11.5 Å². The number of hydrogen-bond acceptors (Lipinski definition) is 5. The van der Waals surface area contributed by atoms with Crippen LogP contribution in [0, 0.1) is 5.92 Å². The Labute approximate surface area is 164 Å². The standard InChI is InChI=1S/C22H24N4O2/c1-15(9-16-4-5-20-21(10-16)28-14-27-20)12-26-8-6-18-19(13-26)25-22(24-18)17-3-2-7-23-11-17/h2-5,7,10-11,15H,6,8-9,12-14H2,1H3,(H,24,25)/t15-/m0/s1. The molecule has 0 fully saturated rings. The number of aromatic nitrogens is 3. The van der Waals surface area contributed by atoms with Gasteiger partial charge in [0.25, 0.3) is 0 Å². The molecule has 0 unspecified atom stereocenters. The SMILES string of the molecule is C[C@@H](Cc1ccc2c(c1)OCO2)CN1CCc2nc(-c3cccnc3)[nH]c2C1. The third-order valence-corrected chi connectivity index (χ3v) is 5.44. The normalized spacial score (nSPS) is 16.8. The third kappa shape index (κ3) is 3.47. The van der Waals surface area contributed by atoms with Gasteiger partial charge in [-0.05, 0) is 42.2 Å². The predicted molar refractivity (Wildman–Crippen MR) is 106 cm³/mol. The van der Waals surface area contributed by atoms with Gasteiger partial charge in [-0.15, -0.1) is 0 Å². The van der Waals surface area contributed by atoms with E-state index in [4.69, 9.17) is 14.5 Å². The molecule has 0 amide bonds. The number of pyridine rings is 1. The molecule has 0 spiro atoms. The molecular formula is C22H24N4O2. The number of aromatic amines is 1. The zero-order chi connectivity index (χ0) is 18.9. The van der Waals surface area contributed by atoms with Crippen LogP contribution in [0.5, 0.6) is 11.5 Å². The van der Waals surface area contributed by atoms with Crippen LogP contribution in [0.2, 0.25) is 0 Å². The number of nitrogens with one attached hydrogen (secondary N) is 1. The van der Waals surface area contributed by atoms with Gasteiger partial charge in [-0.3, -0.25) is 9.88 Å². The first-order valence-electron chi connectivity index (χ1n) is 9.83. The minimum atomic E-state index is 0.329. The van der Waals surface area contributed by atoms with E-state index in [1.807, 2.05) is 24.4 Å². The largest absolute Gasteiger partial charge is 0.454 e. The molecule has 2 aliphatic heterocycles. The first-order chi connectivity index (χ1) is 13.7. The van der Waals surface area contributed by atoms with Crippen LogP contribution in [0.15, 0.2) is 42.7 Å². The second-order valence-corrected chi connectivity index (χ2v) is 7.73. The Morgan fingerprint density at radius 1 is 1.21 bits per heavy atom. The van der Waals surface area contributed by atoms with Crippen molar-refractivity contribution in [1.29, 1.82) is 0 Å². The molecule has 0 aliphatic carbocycles. The van der Waals surface area contributed by atoms with Gasteiger partial charge in [0.1, 0.15) is 5.82 Å². The van der Waals surface area contributed by atoms with Crippen LogP contribution in [0.1, 0.15) is 23.9 Å². The van der Waals surface area contributed by atoms with E-state index in [0.29, 0.717) is 12.7 Å². The van der Waals surface area contributed by atoms with Crippen LogP contribution in [0.4, 0.5) is 0 Å². The summed E-state index contributed by atoms with van der Waals surface area (Å²) < 4.78 is 10.9. The Morgan fingerprint density at radius 2 is 2.14 bits per heavy atom. The van der Waals surface area contributed by atoms with E-state index in [9.17, 15) is 0 Å². The van der Waals surface area contributed by atoms with E-state index < -0.39 is 0 Å². The minimum Gasteiger partial charge on any atom is -0.454 e. The molecule has 6 nitrogen and oxygen atoms in total. The summed E-state index contributed by atoms with van der Waals surface area (Å²) in [5, 5.41) is 0. The van der Waals surface area contributed by atoms with E-state index in [1.165, 1.54) is 17.0 Å². The lowest BCUT2D eigenvalue weighted by Crippen LogP contribution is -2.34. The molecule has 0 saturated carbocycles. The van der Waals surface area contributed by atoms with Gasteiger partial charge in [0, 0.05) is 44.0 Å². The van der Waals surface area contributed by atoms with Gasteiger partial charge >= 0.3 is 0 Å². The number of ether oxygens (including phenoxy) is 2. The minimum absolute atomic E-state index is 0.329. The maximum atomic E-state index is 5.50. The predicted octanol–water partition coefficient (Wildman–Crippen LogP) is 3.44. The first kappa shape index (κ1) is 17.3. The Bertz CT molecular complexity index is 970. The van der Waals surface area contributed by atoms with Crippen molar-refractivity contribution in [3.63, 3.8) is 0 Å². The smallest absolute Gasteiger partial charge is 0.231 e.